The van der Waals surface area contributed by atoms with Gasteiger partial charge in [0.2, 0.25) is 0 Å². The standard InChI is InChI=1S/C14H22F2N2/c1-14(2,7-8-17)18(3)9-6-11-4-5-12(15)10-13(11)16/h4-5,10H,6-9,17H2,1-3H3. The molecular weight excluding hydrogens is 234 g/mol. The quantitative estimate of drug-likeness (QED) is 0.847. The molecule has 0 unspecified atom stereocenters. The molecule has 18 heavy (non-hydrogen) atoms. The van der Waals surface area contributed by atoms with Gasteiger partial charge in [-0.05, 0) is 51.9 Å². The van der Waals surface area contributed by atoms with Crippen LogP contribution in [0.5, 0.6) is 0 Å². The highest BCUT2D eigenvalue weighted by atomic mass is 19.1. The highest BCUT2D eigenvalue weighted by molar-refractivity contribution is 5.18. The van der Waals surface area contributed by atoms with Crippen LogP contribution in [-0.2, 0) is 6.42 Å². The molecule has 0 aliphatic carbocycles. The average Bonchev–Trinajstić information content (AvgIpc) is 2.27. The summed E-state index contributed by atoms with van der Waals surface area (Å²) in [6.45, 7) is 5.57. The molecule has 0 fully saturated rings. The number of halogens is 2. The lowest BCUT2D eigenvalue weighted by Crippen LogP contribution is -2.43. The Bertz CT molecular complexity index is 391. The van der Waals surface area contributed by atoms with E-state index in [1.54, 1.807) is 0 Å². The monoisotopic (exact) mass is 256 g/mol. The summed E-state index contributed by atoms with van der Waals surface area (Å²) in [5, 5.41) is 0. The van der Waals surface area contributed by atoms with Crippen LogP contribution in [-0.4, -0.2) is 30.6 Å². The van der Waals surface area contributed by atoms with E-state index in [4.69, 9.17) is 5.73 Å². The van der Waals surface area contributed by atoms with Gasteiger partial charge in [0.15, 0.2) is 0 Å². The number of benzene rings is 1. The Morgan fingerprint density at radius 2 is 1.94 bits per heavy atom. The highest BCUT2D eigenvalue weighted by Gasteiger charge is 2.22. The van der Waals surface area contributed by atoms with E-state index in [0.29, 0.717) is 18.5 Å². The summed E-state index contributed by atoms with van der Waals surface area (Å²) in [6, 6.07) is 3.73. The number of hydrogen-bond donors (Lipinski definition) is 1. The summed E-state index contributed by atoms with van der Waals surface area (Å²) in [6.07, 6.45) is 1.45. The largest absolute Gasteiger partial charge is 0.330 e. The van der Waals surface area contributed by atoms with Crippen LogP contribution >= 0.6 is 0 Å². The Morgan fingerprint density at radius 1 is 1.28 bits per heavy atom. The normalized spacial score (nSPS) is 12.2. The van der Waals surface area contributed by atoms with Gasteiger partial charge in [0.05, 0.1) is 0 Å². The van der Waals surface area contributed by atoms with Crippen molar-refractivity contribution in [3.8, 4) is 0 Å². The average molecular weight is 256 g/mol. The first-order chi connectivity index (χ1) is 8.36. The Balaban J connectivity index is 2.59. The lowest BCUT2D eigenvalue weighted by Gasteiger charge is -2.35. The predicted octanol–water partition coefficient (Wildman–Crippen LogP) is 2.57. The Labute approximate surface area is 108 Å². The molecule has 0 aromatic heterocycles. The van der Waals surface area contributed by atoms with Crippen molar-refractivity contribution < 1.29 is 8.78 Å². The van der Waals surface area contributed by atoms with E-state index in [0.717, 1.165) is 19.0 Å². The number of nitrogens with zero attached hydrogens (tertiary/aromatic N) is 1. The van der Waals surface area contributed by atoms with Crippen molar-refractivity contribution in [1.29, 1.82) is 0 Å². The fraction of sp³-hybridized carbons (Fsp3) is 0.571. The lowest BCUT2D eigenvalue weighted by atomic mass is 9.98. The number of nitrogens with two attached hydrogens (primary N) is 1. The second-order valence-corrected chi connectivity index (χ2v) is 5.26. The van der Waals surface area contributed by atoms with E-state index in [2.05, 4.69) is 18.7 Å². The molecule has 0 radical (unpaired) electrons. The third-order valence-electron chi connectivity index (χ3n) is 3.52. The van der Waals surface area contributed by atoms with Crippen LogP contribution in [0.15, 0.2) is 18.2 Å². The molecule has 0 aliphatic rings. The van der Waals surface area contributed by atoms with Crippen LogP contribution in [0.1, 0.15) is 25.8 Å². The molecule has 1 rings (SSSR count). The van der Waals surface area contributed by atoms with Gasteiger partial charge in [0.1, 0.15) is 11.6 Å². The summed E-state index contributed by atoms with van der Waals surface area (Å²) in [5.74, 6) is -1.01. The third-order valence-corrected chi connectivity index (χ3v) is 3.52. The number of likely N-dealkylation sites (N-methyl/N-ethyl adjacent to an activating group) is 1. The molecule has 0 spiro atoms. The van der Waals surface area contributed by atoms with Crippen LogP contribution in [0.25, 0.3) is 0 Å². The van der Waals surface area contributed by atoms with Crippen molar-refractivity contribution in [3.63, 3.8) is 0 Å². The van der Waals surface area contributed by atoms with Gasteiger partial charge in [-0.15, -0.1) is 0 Å². The highest BCUT2D eigenvalue weighted by Crippen LogP contribution is 2.17. The van der Waals surface area contributed by atoms with Gasteiger partial charge in [0.25, 0.3) is 0 Å². The van der Waals surface area contributed by atoms with Gasteiger partial charge in [0, 0.05) is 18.2 Å². The fourth-order valence-corrected chi connectivity index (χ4v) is 1.86. The maximum absolute atomic E-state index is 13.5. The van der Waals surface area contributed by atoms with E-state index < -0.39 is 11.6 Å². The first-order valence-corrected chi connectivity index (χ1v) is 6.22. The Hall–Kier alpha value is -1.00. The van der Waals surface area contributed by atoms with Gasteiger partial charge in [-0.2, -0.15) is 0 Å². The summed E-state index contributed by atoms with van der Waals surface area (Å²) in [7, 11) is 2.00. The molecule has 1 aromatic carbocycles. The van der Waals surface area contributed by atoms with Crippen LogP contribution in [0.4, 0.5) is 8.78 Å². The first-order valence-electron chi connectivity index (χ1n) is 6.22. The van der Waals surface area contributed by atoms with Crippen molar-refractivity contribution in [2.45, 2.75) is 32.2 Å². The van der Waals surface area contributed by atoms with Gasteiger partial charge >= 0.3 is 0 Å². The molecule has 0 amide bonds. The second-order valence-electron chi connectivity index (χ2n) is 5.26. The van der Waals surface area contributed by atoms with Crippen molar-refractivity contribution in [1.82, 2.24) is 4.90 Å². The minimum absolute atomic E-state index is 0.00867. The Kier molecular flexibility index (Phi) is 5.23. The van der Waals surface area contributed by atoms with Crippen LogP contribution in [0, 0.1) is 11.6 Å². The van der Waals surface area contributed by atoms with Crippen molar-refractivity contribution >= 4 is 0 Å². The molecule has 102 valence electrons. The molecule has 0 saturated carbocycles. The molecule has 2 nitrogen and oxygen atoms in total. The zero-order valence-corrected chi connectivity index (χ0v) is 11.3. The van der Waals surface area contributed by atoms with Crippen molar-refractivity contribution in [2.75, 3.05) is 20.1 Å². The molecule has 2 N–H and O–H groups in total. The summed E-state index contributed by atoms with van der Waals surface area (Å²) >= 11 is 0. The minimum Gasteiger partial charge on any atom is -0.330 e. The number of rotatable bonds is 6. The first kappa shape index (κ1) is 15.1. The topological polar surface area (TPSA) is 29.3 Å². The fourth-order valence-electron chi connectivity index (χ4n) is 1.86. The van der Waals surface area contributed by atoms with Gasteiger partial charge in [-0.3, -0.25) is 0 Å². The molecule has 0 aliphatic heterocycles. The maximum atomic E-state index is 13.5. The SMILES string of the molecule is CN(CCc1ccc(F)cc1F)C(C)(C)CCN. The lowest BCUT2D eigenvalue weighted by molar-refractivity contribution is 0.149. The molecule has 0 heterocycles. The number of hydrogen-bond acceptors (Lipinski definition) is 2. The van der Waals surface area contributed by atoms with Gasteiger partial charge in [-0.1, -0.05) is 6.07 Å². The van der Waals surface area contributed by atoms with E-state index >= 15 is 0 Å². The summed E-state index contributed by atoms with van der Waals surface area (Å²) < 4.78 is 26.2. The molecule has 0 atom stereocenters. The predicted molar refractivity (Wildman–Crippen MR) is 70.4 cm³/mol. The van der Waals surface area contributed by atoms with Crippen molar-refractivity contribution in [3.05, 3.63) is 35.4 Å². The van der Waals surface area contributed by atoms with Gasteiger partial charge < -0.3 is 10.6 Å². The van der Waals surface area contributed by atoms with E-state index in [9.17, 15) is 8.78 Å². The second kappa shape index (κ2) is 6.25. The molecular formula is C14H22F2N2. The van der Waals surface area contributed by atoms with Crippen LogP contribution in [0.2, 0.25) is 0 Å². The van der Waals surface area contributed by atoms with Crippen molar-refractivity contribution in [2.24, 2.45) is 5.73 Å². The summed E-state index contributed by atoms with van der Waals surface area (Å²) in [5.41, 5.74) is 6.11. The molecule has 1 aromatic rings. The molecule has 0 bridgehead atoms. The minimum atomic E-state index is -0.534. The Morgan fingerprint density at radius 3 is 2.50 bits per heavy atom. The third kappa shape index (κ3) is 4.03. The molecule has 0 saturated heterocycles. The van der Waals surface area contributed by atoms with E-state index in [1.165, 1.54) is 12.1 Å². The van der Waals surface area contributed by atoms with Crippen LogP contribution in [0.3, 0.4) is 0 Å². The maximum Gasteiger partial charge on any atom is 0.129 e. The van der Waals surface area contributed by atoms with E-state index in [-0.39, 0.29) is 5.54 Å². The zero-order chi connectivity index (χ0) is 13.8. The smallest absolute Gasteiger partial charge is 0.129 e. The molecule has 4 heteroatoms. The van der Waals surface area contributed by atoms with Gasteiger partial charge in [-0.25, -0.2) is 8.78 Å². The van der Waals surface area contributed by atoms with Crippen LogP contribution < -0.4 is 5.73 Å². The zero-order valence-electron chi connectivity index (χ0n) is 11.3. The van der Waals surface area contributed by atoms with E-state index in [1.807, 2.05) is 7.05 Å². The summed E-state index contributed by atoms with van der Waals surface area (Å²) in [4.78, 5) is 2.16.